The normalized spacial score (nSPS) is 10.7. The van der Waals surface area contributed by atoms with Crippen LogP contribution in [0.15, 0.2) is 41.3 Å². The SMILES string of the molecule is C=CCCCCCCCc1nnc(-c2ccccc2Cl)o1. The summed E-state index contributed by atoms with van der Waals surface area (Å²) in [6, 6.07) is 7.51. The molecule has 0 aliphatic heterocycles. The molecule has 3 nitrogen and oxygen atoms in total. The van der Waals surface area contributed by atoms with Crippen LogP contribution in [0.1, 0.15) is 44.4 Å². The molecule has 0 saturated carbocycles. The van der Waals surface area contributed by atoms with Crippen LogP contribution in [-0.4, -0.2) is 10.2 Å². The van der Waals surface area contributed by atoms with Crippen LogP contribution in [0.2, 0.25) is 5.02 Å². The van der Waals surface area contributed by atoms with E-state index in [2.05, 4.69) is 16.8 Å². The zero-order chi connectivity index (χ0) is 14.9. The van der Waals surface area contributed by atoms with Crippen LogP contribution in [0.3, 0.4) is 0 Å². The van der Waals surface area contributed by atoms with Crippen molar-refractivity contribution in [3.63, 3.8) is 0 Å². The number of hydrogen-bond donors (Lipinski definition) is 0. The van der Waals surface area contributed by atoms with E-state index in [-0.39, 0.29) is 0 Å². The highest BCUT2D eigenvalue weighted by atomic mass is 35.5. The van der Waals surface area contributed by atoms with Gasteiger partial charge in [0.15, 0.2) is 0 Å². The average molecular weight is 305 g/mol. The van der Waals surface area contributed by atoms with Crippen molar-refractivity contribution in [2.75, 3.05) is 0 Å². The van der Waals surface area contributed by atoms with Gasteiger partial charge >= 0.3 is 0 Å². The first-order chi connectivity index (χ1) is 10.3. The number of benzene rings is 1. The minimum absolute atomic E-state index is 0.501. The molecule has 0 amide bonds. The van der Waals surface area contributed by atoms with Crippen LogP contribution in [0.5, 0.6) is 0 Å². The molecule has 112 valence electrons. The second-order valence-electron chi connectivity index (χ2n) is 5.08. The van der Waals surface area contributed by atoms with Gasteiger partial charge in [-0.2, -0.15) is 0 Å². The summed E-state index contributed by atoms with van der Waals surface area (Å²) in [5.74, 6) is 1.19. The summed E-state index contributed by atoms with van der Waals surface area (Å²) in [4.78, 5) is 0. The van der Waals surface area contributed by atoms with Gasteiger partial charge in [-0.15, -0.1) is 16.8 Å². The third-order valence-corrected chi connectivity index (χ3v) is 3.70. The Balaban J connectivity index is 1.76. The molecule has 0 saturated heterocycles. The Morgan fingerprint density at radius 3 is 2.62 bits per heavy atom. The molecule has 2 aromatic rings. The molecule has 0 unspecified atom stereocenters. The Morgan fingerprint density at radius 2 is 1.81 bits per heavy atom. The zero-order valence-corrected chi connectivity index (χ0v) is 13.0. The van der Waals surface area contributed by atoms with Crippen molar-refractivity contribution in [1.82, 2.24) is 10.2 Å². The number of hydrogen-bond acceptors (Lipinski definition) is 3. The summed E-state index contributed by atoms with van der Waals surface area (Å²) < 4.78 is 5.68. The van der Waals surface area contributed by atoms with Gasteiger partial charge < -0.3 is 4.42 Å². The largest absolute Gasteiger partial charge is 0.421 e. The van der Waals surface area contributed by atoms with Crippen molar-refractivity contribution in [2.45, 2.75) is 44.9 Å². The van der Waals surface area contributed by atoms with Crippen LogP contribution in [0, 0.1) is 0 Å². The van der Waals surface area contributed by atoms with Gasteiger partial charge in [-0.25, -0.2) is 0 Å². The highest BCUT2D eigenvalue weighted by Crippen LogP contribution is 2.26. The predicted molar refractivity (Wildman–Crippen MR) is 86.3 cm³/mol. The second kappa shape index (κ2) is 8.63. The van der Waals surface area contributed by atoms with Crippen molar-refractivity contribution in [3.05, 3.63) is 47.8 Å². The van der Waals surface area contributed by atoms with E-state index < -0.39 is 0 Å². The molecule has 21 heavy (non-hydrogen) atoms. The molecule has 1 heterocycles. The van der Waals surface area contributed by atoms with Crippen molar-refractivity contribution < 1.29 is 4.42 Å². The molecule has 2 rings (SSSR count). The molecular formula is C17H21ClN2O. The highest BCUT2D eigenvalue weighted by Gasteiger charge is 2.10. The number of halogens is 1. The van der Waals surface area contributed by atoms with Crippen molar-refractivity contribution in [1.29, 1.82) is 0 Å². The van der Waals surface area contributed by atoms with Crippen molar-refractivity contribution in [3.8, 4) is 11.5 Å². The van der Waals surface area contributed by atoms with E-state index in [1.54, 1.807) is 0 Å². The summed E-state index contributed by atoms with van der Waals surface area (Å²) in [6.07, 6.45) is 9.96. The maximum atomic E-state index is 6.12. The van der Waals surface area contributed by atoms with Gasteiger partial charge in [0.25, 0.3) is 0 Å². The number of rotatable bonds is 9. The molecule has 0 spiro atoms. The van der Waals surface area contributed by atoms with E-state index in [4.69, 9.17) is 16.0 Å². The third-order valence-electron chi connectivity index (χ3n) is 3.37. The molecule has 0 radical (unpaired) electrons. The van der Waals surface area contributed by atoms with E-state index in [1.165, 1.54) is 25.7 Å². The lowest BCUT2D eigenvalue weighted by molar-refractivity contribution is 0.487. The van der Waals surface area contributed by atoms with E-state index in [9.17, 15) is 0 Å². The van der Waals surface area contributed by atoms with Crippen LogP contribution in [-0.2, 0) is 6.42 Å². The Kier molecular flexibility index (Phi) is 6.48. The fourth-order valence-corrected chi connectivity index (χ4v) is 2.41. The predicted octanol–water partition coefficient (Wildman–Crippen LogP) is 5.46. The summed E-state index contributed by atoms with van der Waals surface area (Å²) in [5.41, 5.74) is 0.794. The summed E-state index contributed by atoms with van der Waals surface area (Å²) in [7, 11) is 0. The summed E-state index contributed by atoms with van der Waals surface area (Å²) in [5, 5.41) is 8.80. The van der Waals surface area contributed by atoms with Crippen molar-refractivity contribution in [2.24, 2.45) is 0 Å². The second-order valence-corrected chi connectivity index (χ2v) is 5.48. The average Bonchev–Trinajstić information content (AvgIpc) is 2.95. The summed E-state index contributed by atoms with van der Waals surface area (Å²) in [6.45, 7) is 3.73. The lowest BCUT2D eigenvalue weighted by Crippen LogP contribution is -1.86. The lowest BCUT2D eigenvalue weighted by Gasteiger charge is -1.99. The first kappa shape index (κ1) is 15.8. The standard InChI is InChI=1S/C17H21ClN2O/c1-2-3-4-5-6-7-8-13-16-19-20-17(21-16)14-11-9-10-12-15(14)18/h2,9-12H,1,3-8,13H2. The quantitative estimate of drug-likeness (QED) is 0.456. The zero-order valence-electron chi connectivity index (χ0n) is 12.2. The molecule has 0 fully saturated rings. The van der Waals surface area contributed by atoms with Crippen LogP contribution >= 0.6 is 11.6 Å². The van der Waals surface area contributed by atoms with Gasteiger partial charge in [0.2, 0.25) is 11.8 Å². The van der Waals surface area contributed by atoms with Crippen LogP contribution in [0.25, 0.3) is 11.5 Å². The number of aromatic nitrogens is 2. The third kappa shape index (κ3) is 5.01. The van der Waals surface area contributed by atoms with Crippen LogP contribution < -0.4 is 0 Å². The molecule has 1 aromatic heterocycles. The molecule has 0 aliphatic rings. The van der Waals surface area contributed by atoms with Crippen LogP contribution in [0.4, 0.5) is 0 Å². The topological polar surface area (TPSA) is 38.9 Å². The molecule has 4 heteroatoms. The van der Waals surface area contributed by atoms with E-state index in [1.807, 2.05) is 30.3 Å². The smallest absolute Gasteiger partial charge is 0.249 e. The molecule has 1 aromatic carbocycles. The minimum atomic E-state index is 0.501. The maximum Gasteiger partial charge on any atom is 0.249 e. The Hall–Kier alpha value is -1.61. The number of allylic oxidation sites excluding steroid dienone is 1. The fourth-order valence-electron chi connectivity index (χ4n) is 2.19. The van der Waals surface area contributed by atoms with E-state index in [0.717, 1.165) is 24.8 Å². The minimum Gasteiger partial charge on any atom is -0.421 e. The molecule has 0 aliphatic carbocycles. The molecule has 0 bridgehead atoms. The Bertz CT molecular complexity index is 565. The summed E-state index contributed by atoms with van der Waals surface area (Å²) >= 11 is 6.12. The fraction of sp³-hybridized carbons (Fsp3) is 0.412. The van der Waals surface area contributed by atoms with Gasteiger partial charge in [-0.3, -0.25) is 0 Å². The van der Waals surface area contributed by atoms with Gasteiger partial charge in [0.1, 0.15) is 0 Å². The molecule has 0 N–H and O–H groups in total. The monoisotopic (exact) mass is 304 g/mol. The Labute approximate surface area is 131 Å². The lowest BCUT2D eigenvalue weighted by atomic mass is 10.1. The van der Waals surface area contributed by atoms with Gasteiger partial charge in [-0.1, -0.05) is 49.1 Å². The number of nitrogens with zero attached hydrogens (tertiary/aromatic N) is 2. The van der Waals surface area contributed by atoms with Gasteiger partial charge in [-0.05, 0) is 31.4 Å². The Morgan fingerprint density at radius 1 is 1.05 bits per heavy atom. The van der Waals surface area contributed by atoms with E-state index in [0.29, 0.717) is 16.8 Å². The van der Waals surface area contributed by atoms with E-state index >= 15 is 0 Å². The first-order valence-corrected chi connectivity index (χ1v) is 7.87. The van der Waals surface area contributed by atoms with Crippen molar-refractivity contribution >= 4 is 11.6 Å². The molecular weight excluding hydrogens is 284 g/mol. The maximum absolute atomic E-state index is 6.12. The first-order valence-electron chi connectivity index (χ1n) is 7.49. The molecule has 0 atom stereocenters. The highest BCUT2D eigenvalue weighted by molar-refractivity contribution is 6.33. The number of unbranched alkanes of at least 4 members (excludes halogenated alkanes) is 5. The van der Waals surface area contributed by atoms with Gasteiger partial charge in [0.05, 0.1) is 10.6 Å². The number of aryl methyl sites for hydroxylation is 1. The van der Waals surface area contributed by atoms with Gasteiger partial charge in [0, 0.05) is 6.42 Å².